The average Bonchev–Trinajstić information content (AvgIpc) is 2.80. The maximum atomic E-state index is 13.7. The second-order valence-corrected chi connectivity index (χ2v) is 10.4. The van der Waals surface area contributed by atoms with Crippen LogP contribution in [0.2, 0.25) is 10.2 Å². The maximum absolute atomic E-state index is 13.7. The van der Waals surface area contributed by atoms with Gasteiger partial charge in [0.1, 0.15) is 11.0 Å². The van der Waals surface area contributed by atoms with Gasteiger partial charge in [-0.2, -0.15) is 13.2 Å². The van der Waals surface area contributed by atoms with Gasteiger partial charge >= 0.3 is 6.18 Å². The lowest BCUT2D eigenvalue weighted by Gasteiger charge is -2.33. The van der Waals surface area contributed by atoms with Gasteiger partial charge in [-0.1, -0.05) is 29.3 Å². The number of halogens is 5. The average molecular weight is 559 g/mol. The van der Waals surface area contributed by atoms with Gasteiger partial charge in [0.25, 0.3) is 5.91 Å². The highest BCUT2D eigenvalue weighted by Gasteiger charge is 2.46. The Balaban J connectivity index is 1.47. The quantitative estimate of drug-likeness (QED) is 0.325. The number of pyridine rings is 1. The summed E-state index contributed by atoms with van der Waals surface area (Å²) in [5, 5.41) is 2.79. The predicted octanol–water partition coefficient (Wildman–Crippen LogP) is 5.86. The number of amides is 2. The van der Waals surface area contributed by atoms with Gasteiger partial charge in [-0.25, -0.2) is 4.98 Å². The van der Waals surface area contributed by atoms with E-state index in [1.807, 2.05) is 0 Å². The number of nitrogens with one attached hydrogen (secondary N) is 1. The Morgan fingerprint density at radius 2 is 1.84 bits per heavy atom. The second kappa shape index (κ2) is 12.3. The van der Waals surface area contributed by atoms with Crippen LogP contribution >= 0.6 is 23.2 Å². The molecule has 1 aliphatic heterocycles. The third-order valence-corrected chi connectivity index (χ3v) is 6.99. The fraction of sp³-hybridized carbons (Fsp3) is 0.500. The molecule has 1 saturated heterocycles. The van der Waals surface area contributed by atoms with Crippen LogP contribution in [0.4, 0.5) is 19.0 Å². The Hall–Kier alpha value is -2.52. The minimum atomic E-state index is -4.72. The number of aromatic nitrogens is 1. The standard InChI is InChI=1S/C26H31Cl2F3N4O2/c1-16-13-18(15-19(27)14-16)22(26(29,30)31)24(36)32-10-4-5-17-8-11-35(12-9-17)21-7-6-20(23(28)33-21)25(37)34(2)3/h6-7,13-15,17,22H,4-5,8-12H2,1-3H3,(H,32,36). The number of piperidine rings is 1. The minimum Gasteiger partial charge on any atom is -0.357 e. The van der Waals surface area contributed by atoms with E-state index >= 15 is 0 Å². The van der Waals surface area contributed by atoms with E-state index in [1.54, 1.807) is 39.2 Å². The van der Waals surface area contributed by atoms with E-state index in [1.165, 1.54) is 17.0 Å². The first-order valence-electron chi connectivity index (χ1n) is 12.1. The minimum absolute atomic E-state index is 0.157. The number of carbonyl (C=O) groups is 2. The summed E-state index contributed by atoms with van der Waals surface area (Å²) in [6, 6.07) is 7.55. The summed E-state index contributed by atoms with van der Waals surface area (Å²) in [4.78, 5) is 32.6. The third-order valence-electron chi connectivity index (χ3n) is 6.48. The van der Waals surface area contributed by atoms with Gasteiger partial charge in [0.2, 0.25) is 5.91 Å². The topological polar surface area (TPSA) is 65.5 Å². The van der Waals surface area contributed by atoms with Crippen LogP contribution in [0.1, 0.15) is 53.1 Å². The molecule has 202 valence electrons. The smallest absolute Gasteiger partial charge is 0.357 e. The second-order valence-electron chi connectivity index (χ2n) is 9.61. The summed E-state index contributed by atoms with van der Waals surface area (Å²) in [5.41, 5.74) is 0.757. The zero-order valence-corrected chi connectivity index (χ0v) is 22.6. The van der Waals surface area contributed by atoms with E-state index in [4.69, 9.17) is 23.2 Å². The fourth-order valence-corrected chi connectivity index (χ4v) is 5.11. The molecule has 2 amide bonds. The highest BCUT2D eigenvalue weighted by Crippen LogP contribution is 2.36. The molecule has 1 N–H and O–H groups in total. The van der Waals surface area contributed by atoms with Crippen LogP contribution in [0.25, 0.3) is 0 Å². The van der Waals surface area contributed by atoms with Crippen molar-refractivity contribution in [3.8, 4) is 0 Å². The molecule has 11 heteroatoms. The van der Waals surface area contributed by atoms with Crippen LogP contribution in [-0.2, 0) is 4.79 Å². The van der Waals surface area contributed by atoms with Crippen molar-refractivity contribution in [2.24, 2.45) is 5.92 Å². The number of alkyl halides is 3. The van der Waals surface area contributed by atoms with Crippen molar-refractivity contribution in [3.63, 3.8) is 0 Å². The van der Waals surface area contributed by atoms with Gasteiger partial charge in [-0.3, -0.25) is 9.59 Å². The van der Waals surface area contributed by atoms with Gasteiger partial charge in [0, 0.05) is 38.8 Å². The van der Waals surface area contributed by atoms with Crippen molar-refractivity contribution in [2.75, 3.05) is 38.6 Å². The molecule has 1 atom stereocenters. The van der Waals surface area contributed by atoms with Crippen LogP contribution in [0.5, 0.6) is 0 Å². The number of hydrogen-bond donors (Lipinski definition) is 1. The molecule has 1 aliphatic rings. The number of aryl methyl sites for hydroxylation is 1. The van der Waals surface area contributed by atoms with Gasteiger partial charge in [-0.15, -0.1) is 0 Å². The highest BCUT2D eigenvalue weighted by molar-refractivity contribution is 6.32. The SMILES string of the molecule is Cc1cc(Cl)cc(C(C(=O)NCCCC2CCN(c3ccc(C(=O)N(C)C)c(Cl)n3)CC2)C(F)(F)F)c1. The van der Waals surface area contributed by atoms with Crippen LogP contribution in [0, 0.1) is 12.8 Å². The zero-order chi connectivity index (χ0) is 27.3. The van der Waals surface area contributed by atoms with E-state index < -0.39 is 18.0 Å². The summed E-state index contributed by atoms with van der Waals surface area (Å²) < 4.78 is 41.0. The predicted molar refractivity (Wildman–Crippen MR) is 139 cm³/mol. The van der Waals surface area contributed by atoms with Gasteiger partial charge in [-0.05, 0) is 73.9 Å². The molecule has 37 heavy (non-hydrogen) atoms. The van der Waals surface area contributed by atoms with Gasteiger partial charge < -0.3 is 15.1 Å². The number of hydrogen-bond acceptors (Lipinski definition) is 4. The van der Waals surface area contributed by atoms with Crippen LogP contribution in [0.15, 0.2) is 30.3 Å². The molecule has 1 fully saturated rings. The number of carbonyl (C=O) groups excluding carboxylic acids is 2. The Bertz CT molecular complexity index is 1100. The van der Waals surface area contributed by atoms with Crippen molar-refractivity contribution >= 4 is 40.8 Å². The van der Waals surface area contributed by atoms with E-state index in [0.29, 0.717) is 29.3 Å². The largest absolute Gasteiger partial charge is 0.404 e. The lowest BCUT2D eigenvalue weighted by atomic mass is 9.92. The first kappa shape index (κ1) is 29.0. The van der Waals surface area contributed by atoms with E-state index in [0.717, 1.165) is 32.4 Å². The first-order chi connectivity index (χ1) is 17.4. The molecule has 1 unspecified atom stereocenters. The molecule has 0 saturated carbocycles. The van der Waals surface area contributed by atoms with E-state index in [9.17, 15) is 22.8 Å². The Kier molecular flexibility index (Phi) is 9.69. The molecule has 0 aliphatic carbocycles. The molecule has 2 heterocycles. The van der Waals surface area contributed by atoms with Crippen molar-refractivity contribution in [2.45, 2.75) is 44.7 Å². The van der Waals surface area contributed by atoms with E-state index in [-0.39, 0.29) is 28.2 Å². The monoisotopic (exact) mass is 558 g/mol. The summed E-state index contributed by atoms with van der Waals surface area (Å²) >= 11 is 12.2. The third kappa shape index (κ3) is 7.74. The Morgan fingerprint density at radius 1 is 1.16 bits per heavy atom. The van der Waals surface area contributed by atoms with Crippen molar-refractivity contribution in [1.82, 2.24) is 15.2 Å². The van der Waals surface area contributed by atoms with Gasteiger partial charge in [0.15, 0.2) is 5.92 Å². The Labute approximate surface area is 225 Å². The Morgan fingerprint density at radius 3 is 2.41 bits per heavy atom. The summed E-state index contributed by atoms with van der Waals surface area (Å²) in [6.07, 6.45) is -1.56. The molecule has 0 radical (unpaired) electrons. The van der Waals surface area contributed by atoms with Crippen LogP contribution in [0.3, 0.4) is 0 Å². The maximum Gasteiger partial charge on any atom is 0.404 e. The van der Waals surface area contributed by atoms with Crippen molar-refractivity contribution < 1.29 is 22.8 Å². The number of nitrogens with zero attached hydrogens (tertiary/aromatic N) is 3. The molecule has 3 rings (SSSR count). The number of benzene rings is 1. The normalized spacial score (nSPS) is 15.4. The molecule has 2 aromatic rings. The lowest BCUT2D eigenvalue weighted by molar-refractivity contribution is -0.164. The lowest BCUT2D eigenvalue weighted by Crippen LogP contribution is -2.38. The van der Waals surface area contributed by atoms with Crippen LogP contribution < -0.4 is 10.2 Å². The van der Waals surface area contributed by atoms with Crippen molar-refractivity contribution in [1.29, 1.82) is 0 Å². The molecule has 1 aromatic heterocycles. The summed E-state index contributed by atoms with van der Waals surface area (Å²) in [7, 11) is 3.30. The molecule has 0 bridgehead atoms. The van der Waals surface area contributed by atoms with E-state index in [2.05, 4.69) is 15.2 Å². The fourth-order valence-electron chi connectivity index (χ4n) is 4.58. The molecule has 6 nitrogen and oxygen atoms in total. The summed E-state index contributed by atoms with van der Waals surface area (Å²) in [6.45, 7) is 3.32. The van der Waals surface area contributed by atoms with Crippen LogP contribution in [-0.4, -0.2) is 61.6 Å². The van der Waals surface area contributed by atoms with Gasteiger partial charge in [0.05, 0.1) is 5.56 Å². The number of rotatable bonds is 8. The first-order valence-corrected chi connectivity index (χ1v) is 12.9. The molecular weight excluding hydrogens is 528 g/mol. The van der Waals surface area contributed by atoms with Crippen molar-refractivity contribution in [3.05, 3.63) is 57.2 Å². The number of anilines is 1. The zero-order valence-electron chi connectivity index (χ0n) is 21.0. The molecule has 0 spiro atoms. The highest BCUT2D eigenvalue weighted by atomic mass is 35.5. The molecular formula is C26H31Cl2F3N4O2. The molecule has 1 aromatic carbocycles. The summed E-state index contributed by atoms with van der Waals surface area (Å²) in [5.74, 6) is -2.43.